The minimum Gasteiger partial charge on any atom is -0.471 e. The first-order valence-electron chi connectivity index (χ1n) is 9.87. The number of piperidine rings is 1. The number of aromatic nitrogens is 2. The highest BCUT2D eigenvalue weighted by Gasteiger charge is 2.38. The van der Waals surface area contributed by atoms with Gasteiger partial charge < -0.3 is 15.2 Å². The number of anilines is 1. The van der Waals surface area contributed by atoms with Crippen molar-refractivity contribution in [2.45, 2.75) is 69.4 Å². The summed E-state index contributed by atoms with van der Waals surface area (Å²) >= 11 is 0. The first-order valence-corrected chi connectivity index (χ1v) is 11.4. The standard InChI is InChI=1S/C17H26F3N5O4S/c18-17(19,20)12-10-22-16(23-11-6-8-25(9-7-11)30(21,27)28)24-15(12)29-14-5-3-1-2-4-13(14)26/h10-11,13-14,26H,1-9H2,(H2,21,27,28)(H,22,23,24)/t13-,14+/m0/s1. The molecule has 0 unspecified atom stereocenters. The SMILES string of the molecule is NS(=O)(=O)N1CCC(Nc2ncc(C(F)(F)F)c(O[C@@H]3CCCCC[C@@H]3O)n2)CC1. The summed E-state index contributed by atoms with van der Waals surface area (Å²) in [6.45, 7) is 0.378. The lowest BCUT2D eigenvalue weighted by Gasteiger charge is -2.30. The van der Waals surface area contributed by atoms with E-state index in [1.54, 1.807) is 0 Å². The van der Waals surface area contributed by atoms with Crippen molar-refractivity contribution in [2.24, 2.45) is 5.14 Å². The van der Waals surface area contributed by atoms with Gasteiger partial charge in [-0.25, -0.2) is 10.1 Å². The average molecular weight is 453 g/mol. The molecule has 2 aliphatic rings. The molecule has 0 radical (unpaired) electrons. The van der Waals surface area contributed by atoms with Crippen LogP contribution in [0.1, 0.15) is 50.5 Å². The smallest absolute Gasteiger partial charge is 0.423 e. The Kier molecular flexibility index (Phi) is 7.05. The quantitative estimate of drug-likeness (QED) is 0.578. The maximum absolute atomic E-state index is 13.4. The minimum atomic E-state index is -4.70. The van der Waals surface area contributed by atoms with Gasteiger partial charge in [-0.15, -0.1) is 0 Å². The summed E-state index contributed by atoms with van der Waals surface area (Å²) in [5.41, 5.74) is -1.10. The molecule has 2 atom stereocenters. The molecule has 1 aromatic rings. The summed E-state index contributed by atoms with van der Waals surface area (Å²) in [6.07, 6.45) is -1.53. The van der Waals surface area contributed by atoms with Crippen molar-refractivity contribution in [1.29, 1.82) is 0 Å². The zero-order valence-corrected chi connectivity index (χ0v) is 17.1. The molecule has 1 aromatic heterocycles. The molecule has 0 amide bonds. The monoisotopic (exact) mass is 453 g/mol. The number of nitrogens with zero attached hydrogens (tertiary/aromatic N) is 3. The highest BCUT2D eigenvalue weighted by atomic mass is 32.2. The zero-order valence-electron chi connectivity index (χ0n) is 16.3. The second-order valence-electron chi connectivity index (χ2n) is 7.63. The first-order chi connectivity index (χ1) is 14.0. The van der Waals surface area contributed by atoms with Crippen LogP contribution in [0.15, 0.2) is 6.20 Å². The van der Waals surface area contributed by atoms with Crippen LogP contribution < -0.4 is 15.2 Å². The van der Waals surface area contributed by atoms with E-state index >= 15 is 0 Å². The molecule has 1 saturated heterocycles. The van der Waals surface area contributed by atoms with Gasteiger partial charge in [-0.3, -0.25) is 0 Å². The Morgan fingerprint density at radius 1 is 1.17 bits per heavy atom. The fourth-order valence-corrected chi connectivity index (χ4v) is 4.41. The third-order valence-electron chi connectivity index (χ3n) is 5.39. The van der Waals surface area contributed by atoms with Gasteiger partial charge in [0.25, 0.3) is 10.2 Å². The number of aliphatic hydroxyl groups is 1. The molecule has 1 aliphatic heterocycles. The van der Waals surface area contributed by atoms with Crippen molar-refractivity contribution in [2.75, 3.05) is 18.4 Å². The summed E-state index contributed by atoms with van der Waals surface area (Å²) < 4.78 is 69.7. The molecule has 4 N–H and O–H groups in total. The summed E-state index contributed by atoms with van der Waals surface area (Å²) in [4.78, 5) is 7.69. The van der Waals surface area contributed by atoms with Crippen LogP contribution in [0.2, 0.25) is 0 Å². The van der Waals surface area contributed by atoms with E-state index in [-0.39, 0.29) is 25.1 Å². The largest absolute Gasteiger partial charge is 0.471 e. The number of nitrogens with one attached hydrogen (secondary N) is 1. The average Bonchev–Trinajstić information content (AvgIpc) is 2.85. The van der Waals surface area contributed by atoms with Gasteiger partial charge in [-0.1, -0.05) is 12.8 Å². The summed E-state index contributed by atoms with van der Waals surface area (Å²) in [7, 11) is -3.77. The number of halogens is 3. The van der Waals surface area contributed by atoms with Gasteiger partial charge in [0.05, 0.1) is 6.10 Å². The Morgan fingerprint density at radius 3 is 2.47 bits per heavy atom. The van der Waals surface area contributed by atoms with Gasteiger partial charge in [0.1, 0.15) is 11.7 Å². The molecule has 170 valence electrons. The highest BCUT2D eigenvalue weighted by molar-refractivity contribution is 7.86. The van der Waals surface area contributed by atoms with Crippen molar-refractivity contribution < 1.29 is 31.4 Å². The number of nitrogens with two attached hydrogens (primary N) is 1. The molecule has 1 aliphatic carbocycles. The number of rotatable bonds is 5. The summed E-state index contributed by atoms with van der Waals surface area (Å²) in [5, 5.41) is 18.2. The van der Waals surface area contributed by atoms with E-state index in [1.807, 2.05) is 0 Å². The topological polar surface area (TPSA) is 131 Å². The predicted molar refractivity (Wildman–Crippen MR) is 102 cm³/mol. The number of ether oxygens (including phenoxy) is 1. The molecule has 0 bridgehead atoms. The lowest BCUT2D eigenvalue weighted by atomic mass is 10.1. The van der Waals surface area contributed by atoms with Gasteiger partial charge in [0, 0.05) is 25.3 Å². The Hall–Kier alpha value is -1.70. The molecule has 9 nitrogen and oxygen atoms in total. The second kappa shape index (κ2) is 9.20. The van der Waals surface area contributed by atoms with Crippen molar-refractivity contribution in [1.82, 2.24) is 14.3 Å². The molecule has 0 aromatic carbocycles. The van der Waals surface area contributed by atoms with Gasteiger partial charge >= 0.3 is 6.18 Å². The Labute approximate surface area is 173 Å². The fourth-order valence-electron chi connectivity index (χ4n) is 3.69. The van der Waals surface area contributed by atoms with Crippen LogP contribution in [0.25, 0.3) is 0 Å². The molecule has 1 saturated carbocycles. The number of aliphatic hydroxyl groups excluding tert-OH is 1. The van der Waals surface area contributed by atoms with Gasteiger partial charge in [0.15, 0.2) is 0 Å². The van der Waals surface area contributed by atoms with E-state index in [1.165, 1.54) is 0 Å². The third kappa shape index (κ3) is 5.93. The van der Waals surface area contributed by atoms with Gasteiger partial charge in [-0.05, 0) is 32.1 Å². The van der Waals surface area contributed by atoms with Crippen LogP contribution in [-0.4, -0.2) is 59.1 Å². The molecule has 2 heterocycles. The summed E-state index contributed by atoms with van der Waals surface area (Å²) in [5.74, 6) is -0.664. The van der Waals surface area contributed by atoms with Crippen LogP contribution >= 0.6 is 0 Å². The maximum atomic E-state index is 13.4. The van der Waals surface area contributed by atoms with Crippen LogP contribution in [0.4, 0.5) is 19.1 Å². The fraction of sp³-hybridized carbons (Fsp3) is 0.765. The van der Waals surface area contributed by atoms with E-state index in [4.69, 9.17) is 9.88 Å². The lowest BCUT2D eigenvalue weighted by molar-refractivity contribution is -0.140. The van der Waals surface area contributed by atoms with E-state index < -0.39 is 40.0 Å². The van der Waals surface area contributed by atoms with Crippen LogP contribution in [0.5, 0.6) is 5.88 Å². The molecular formula is C17H26F3N5O4S. The first kappa shape index (κ1) is 23.0. The number of hydrogen-bond donors (Lipinski definition) is 3. The molecule has 13 heteroatoms. The van der Waals surface area contributed by atoms with E-state index in [0.29, 0.717) is 31.9 Å². The lowest BCUT2D eigenvalue weighted by Crippen LogP contribution is -2.45. The molecule has 30 heavy (non-hydrogen) atoms. The third-order valence-corrected chi connectivity index (χ3v) is 6.47. The highest BCUT2D eigenvalue weighted by Crippen LogP contribution is 2.36. The van der Waals surface area contributed by atoms with E-state index in [2.05, 4.69) is 15.3 Å². The molecular weight excluding hydrogens is 427 g/mol. The Balaban J connectivity index is 1.74. The minimum absolute atomic E-state index is 0.0461. The molecule has 3 rings (SSSR count). The van der Waals surface area contributed by atoms with E-state index in [0.717, 1.165) is 23.6 Å². The predicted octanol–water partition coefficient (Wildman–Crippen LogP) is 1.65. The summed E-state index contributed by atoms with van der Waals surface area (Å²) in [6, 6.07) is -0.226. The van der Waals surface area contributed by atoms with Crippen molar-refractivity contribution in [3.8, 4) is 5.88 Å². The Morgan fingerprint density at radius 2 is 1.83 bits per heavy atom. The van der Waals surface area contributed by atoms with Gasteiger partial charge in [0.2, 0.25) is 11.8 Å². The second-order valence-corrected chi connectivity index (χ2v) is 9.18. The van der Waals surface area contributed by atoms with Crippen LogP contribution in [0, 0.1) is 0 Å². The van der Waals surface area contributed by atoms with E-state index in [9.17, 15) is 26.7 Å². The van der Waals surface area contributed by atoms with Crippen molar-refractivity contribution in [3.63, 3.8) is 0 Å². The molecule has 0 spiro atoms. The maximum Gasteiger partial charge on any atom is 0.423 e. The van der Waals surface area contributed by atoms with Gasteiger partial charge in [-0.2, -0.15) is 30.9 Å². The van der Waals surface area contributed by atoms with Crippen LogP contribution in [0.3, 0.4) is 0 Å². The van der Waals surface area contributed by atoms with Crippen molar-refractivity contribution >= 4 is 16.2 Å². The molecule has 2 fully saturated rings. The normalized spacial score (nSPS) is 25.0. The van der Waals surface area contributed by atoms with Crippen molar-refractivity contribution in [3.05, 3.63) is 11.8 Å². The number of alkyl halides is 3. The number of hydrogen-bond acceptors (Lipinski definition) is 7. The zero-order chi connectivity index (χ0) is 21.9. The Bertz CT molecular complexity index is 831. The van der Waals surface area contributed by atoms with Crippen LogP contribution in [-0.2, 0) is 16.4 Å².